The van der Waals surface area contributed by atoms with Crippen molar-refractivity contribution in [1.29, 1.82) is 0 Å². The number of carboxylic acids is 1. The van der Waals surface area contributed by atoms with Gasteiger partial charge in [-0.2, -0.15) is 0 Å². The van der Waals surface area contributed by atoms with Crippen LogP contribution in [-0.2, 0) is 16.0 Å². The van der Waals surface area contributed by atoms with Gasteiger partial charge >= 0.3 is 5.97 Å². The van der Waals surface area contributed by atoms with Crippen LogP contribution in [0.15, 0.2) is 12.1 Å². The van der Waals surface area contributed by atoms with Crippen LogP contribution in [0.5, 0.6) is 0 Å². The molecule has 6 heteroatoms. The summed E-state index contributed by atoms with van der Waals surface area (Å²) in [6.07, 6.45) is 0.0856. The molecular weight excluding hydrogens is 233 g/mol. The van der Waals surface area contributed by atoms with Crippen molar-refractivity contribution >= 4 is 23.2 Å². The largest absolute Gasteiger partial charge is 0.480 e. The first-order valence-corrected chi connectivity index (χ1v) is 5.48. The molecular formula is C10H12FNO3S. The summed E-state index contributed by atoms with van der Waals surface area (Å²) in [5.41, 5.74) is 0. The van der Waals surface area contributed by atoms with Gasteiger partial charge in [0.05, 0.1) is 6.42 Å². The van der Waals surface area contributed by atoms with Crippen LogP contribution in [0.3, 0.4) is 0 Å². The summed E-state index contributed by atoms with van der Waals surface area (Å²) < 4.78 is 12.2. The van der Waals surface area contributed by atoms with Crippen molar-refractivity contribution in [1.82, 2.24) is 5.32 Å². The first-order valence-electron chi connectivity index (χ1n) is 4.66. The lowest BCUT2D eigenvalue weighted by Gasteiger charge is -2.09. The molecule has 0 aliphatic heterocycles. The van der Waals surface area contributed by atoms with E-state index in [0.29, 0.717) is 0 Å². The molecule has 1 aromatic rings. The van der Waals surface area contributed by atoms with Crippen molar-refractivity contribution in [3.63, 3.8) is 0 Å². The summed E-state index contributed by atoms with van der Waals surface area (Å²) in [5.74, 6) is -1.84. The van der Waals surface area contributed by atoms with Gasteiger partial charge in [0.25, 0.3) is 0 Å². The fourth-order valence-electron chi connectivity index (χ4n) is 1.15. The Morgan fingerprint density at radius 1 is 1.56 bits per heavy atom. The van der Waals surface area contributed by atoms with Crippen molar-refractivity contribution in [3.8, 4) is 0 Å². The van der Waals surface area contributed by atoms with Crippen molar-refractivity contribution in [2.75, 3.05) is 6.67 Å². The standard InChI is InChI=1S/C10H12FNO3S/c1-6-2-3-7(16-6)4-9(13)12-8(5-11)10(14)15/h2-3,8H,4-5H2,1H3,(H,12,13)(H,14,15). The van der Waals surface area contributed by atoms with Crippen molar-refractivity contribution in [2.24, 2.45) is 0 Å². The molecule has 4 nitrogen and oxygen atoms in total. The van der Waals surface area contributed by atoms with Gasteiger partial charge in [-0.15, -0.1) is 11.3 Å². The number of carbonyl (C=O) groups excluding carboxylic acids is 1. The van der Waals surface area contributed by atoms with Crippen molar-refractivity contribution in [2.45, 2.75) is 19.4 Å². The maximum absolute atomic E-state index is 12.2. The van der Waals surface area contributed by atoms with E-state index >= 15 is 0 Å². The normalized spacial score (nSPS) is 12.1. The Labute approximate surface area is 96.1 Å². The lowest BCUT2D eigenvalue weighted by molar-refractivity contribution is -0.142. The predicted octanol–water partition coefficient (Wildman–Crippen LogP) is 1.14. The summed E-state index contributed by atoms with van der Waals surface area (Å²) in [4.78, 5) is 23.7. The van der Waals surface area contributed by atoms with Gasteiger partial charge in [0, 0.05) is 9.75 Å². The molecule has 1 atom stereocenters. The average molecular weight is 245 g/mol. The van der Waals surface area contributed by atoms with Crippen LogP contribution in [0.2, 0.25) is 0 Å². The molecule has 0 aliphatic carbocycles. The quantitative estimate of drug-likeness (QED) is 0.817. The number of halogens is 1. The van der Waals surface area contributed by atoms with E-state index in [9.17, 15) is 14.0 Å². The summed E-state index contributed by atoms with van der Waals surface area (Å²) in [7, 11) is 0. The van der Waals surface area contributed by atoms with Gasteiger partial charge in [0.15, 0.2) is 6.04 Å². The van der Waals surface area contributed by atoms with Gasteiger partial charge in [-0.3, -0.25) is 4.79 Å². The predicted molar refractivity (Wildman–Crippen MR) is 58.3 cm³/mol. The molecule has 0 saturated heterocycles. The number of thiophene rings is 1. The topological polar surface area (TPSA) is 66.4 Å². The summed E-state index contributed by atoms with van der Waals surface area (Å²) in [5, 5.41) is 10.7. The molecule has 0 fully saturated rings. The molecule has 0 bridgehead atoms. The molecule has 0 saturated carbocycles. The van der Waals surface area contributed by atoms with Gasteiger partial charge in [-0.25, -0.2) is 9.18 Å². The minimum atomic E-state index is -1.45. The lowest BCUT2D eigenvalue weighted by Crippen LogP contribution is -2.42. The SMILES string of the molecule is Cc1ccc(CC(=O)NC(CF)C(=O)O)s1. The van der Waals surface area contributed by atoms with Crippen LogP contribution < -0.4 is 5.32 Å². The van der Waals surface area contributed by atoms with Gasteiger partial charge in [0.1, 0.15) is 6.67 Å². The van der Waals surface area contributed by atoms with E-state index < -0.39 is 24.6 Å². The zero-order chi connectivity index (χ0) is 12.1. The number of amides is 1. The highest BCUT2D eigenvalue weighted by molar-refractivity contribution is 7.12. The Balaban J connectivity index is 2.50. The highest BCUT2D eigenvalue weighted by Crippen LogP contribution is 2.15. The highest BCUT2D eigenvalue weighted by atomic mass is 32.1. The van der Waals surface area contributed by atoms with E-state index in [4.69, 9.17) is 5.11 Å². The highest BCUT2D eigenvalue weighted by Gasteiger charge is 2.19. The smallest absolute Gasteiger partial charge is 0.328 e. The van der Waals surface area contributed by atoms with E-state index in [0.717, 1.165) is 9.75 Å². The van der Waals surface area contributed by atoms with Gasteiger partial charge < -0.3 is 10.4 Å². The van der Waals surface area contributed by atoms with Crippen LogP contribution in [-0.4, -0.2) is 29.7 Å². The number of alkyl halides is 1. The maximum atomic E-state index is 12.2. The minimum absolute atomic E-state index is 0.0856. The van der Waals surface area contributed by atoms with E-state index in [1.54, 1.807) is 6.07 Å². The fourth-order valence-corrected chi connectivity index (χ4v) is 2.04. The van der Waals surface area contributed by atoms with Crippen molar-refractivity contribution < 1.29 is 19.1 Å². The molecule has 0 radical (unpaired) electrons. The molecule has 0 aliphatic rings. The van der Waals surface area contributed by atoms with E-state index in [1.165, 1.54) is 11.3 Å². The summed E-state index contributed by atoms with van der Waals surface area (Å²) in [6, 6.07) is 2.22. The first kappa shape index (κ1) is 12.6. The molecule has 0 spiro atoms. The zero-order valence-electron chi connectivity index (χ0n) is 8.70. The molecule has 16 heavy (non-hydrogen) atoms. The molecule has 1 aromatic heterocycles. The number of aliphatic carboxylic acids is 1. The van der Waals surface area contributed by atoms with E-state index in [1.807, 2.05) is 13.0 Å². The average Bonchev–Trinajstić information content (AvgIpc) is 2.60. The van der Waals surface area contributed by atoms with Gasteiger partial charge in [-0.05, 0) is 19.1 Å². The van der Waals surface area contributed by atoms with E-state index in [2.05, 4.69) is 5.32 Å². The second kappa shape index (κ2) is 5.60. The number of hydrogen-bond donors (Lipinski definition) is 2. The fraction of sp³-hybridized carbons (Fsp3) is 0.400. The molecule has 1 unspecified atom stereocenters. The molecule has 1 amide bonds. The Morgan fingerprint density at radius 3 is 2.69 bits per heavy atom. The number of nitrogens with one attached hydrogen (secondary N) is 1. The van der Waals surface area contributed by atoms with Crippen LogP contribution in [0.4, 0.5) is 4.39 Å². The van der Waals surface area contributed by atoms with Gasteiger partial charge in [-0.1, -0.05) is 0 Å². The van der Waals surface area contributed by atoms with Crippen LogP contribution >= 0.6 is 11.3 Å². The number of rotatable bonds is 5. The van der Waals surface area contributed by atoms with Crippen molar-refractivity contribution in [3.05, 3.63) is 21.9 Å². The molecule has 0 aromatic carbocycles. The molecule has 1 heterocycles. The Hall–Kier alpha value is -1.43. The third-order valence-electron chi connectivity index (χ3n) is 1.92. The van der Waals surface area contributed by atoms with E-state index in [-0.39, 0.29) is 6.42 Å². The first-order chi connectivity index (χ1) is 7.52. The third kappa shape index (κ3) is 3.62. The third-order valence-corrected chi connectivity index (χ3v) is 2.92. The second-order valence-electron chi connectivity index (χ2n) is 3.30. The second-order valence-corrected chi connectivity index (χ2v) is 4.67. The van der Waals surface area contributed by atoms with Crippen LogP contribution in [0.1, 0.15) is 9.75 Å². The van der Waals surface area contributed by atoms with Gasteiger partial charge in [0.2, 0.25) is 5.91 Å². The Morgan fingerprint density at radius 2 is 2.25 bits per heavy atom. The monoisotopic (exact) mass is 245 g/mol. The minimum Gasteiger partial charge on any atom is -0.480 e. The number of carboxylic acid groups (broad SMARTS) is 1. The Kier molecular flexibility index (Phi) is 4.42. The summed E-state index contributed by atoms with van der Waals surface area (Å²) >= 11 is 1.46. The zero-order valence-corrected chi connectivity index (χ0v) is 9.51. The maximum Gasteiger partial charge on any atom is 0.328 e. The van der Waals surface area contributed by atoms with Crippen LogP contribution in [0, 0.1) is 6.92 Å². The lowest BCUT2D eigenvalue weighted by atomic mass is 10.3. The summed E-state index contributed by atoms with van der Waals surface area (Å²) in [6.45, 7) is 0.804. The number of aryl methyl sites for hydroxylation is 1. The Bertz CT molecular complexity index is 391. The molecule has 2 N–H and O–H groups in total. The molecule has 88 valence electrons. The molecule has 1 rings (SSSR count). The van der Waals surface area contributed by atoms with Crippen LogP contribution in [0.25, 0.3) is 0 Å². The number of carbonyl (C=O) groups is 2. The number of hydrogen-bond acceptors (Lipinski definition) is 3.